The highest BCUT2D eigenvalue weighted by Gasteiger charge is 2.11. The summed E-state index contributed by atoms with van der Waals surface area (Å²) in [4.78, 5) is 16.5. The summed E-state index contributed by atoms with van der Waals surface area (Å²) in [5.41, 5.74) is 3.51. The molecule has 1 aliphatic rings. The molecular formula is C19H22N2O3. The lowest BCUT2D eigenvalue weighted by molar-refractivity contribution is -0.0598. The van der Waals surface area contributed by atoms with Gasteiger partial charge in [-0.3, -0.25) is 4.84 Å². The minimum absolute atomic E-state index is 0.333. The number of nitrogens with one attached hydrogen (secondary N) is 1. The van der Waals surface area contributed by atoms with Crippen LogP contribution in [-0.4, -0.2) is 25.3 Å². The number of hydrogen-bond donors (Lipinski definition) is 1. The van der Waals surface area contributed by atoms with E-state index in [9.17, 15) is 4.79 Å². The lowest BCUT2D eigenvalue weighted by Gasteiger charge is -2.17. The Kier molecular flexibility index (Phi) is 5.01. The smallest absolute Gasteiger partial charge is 0.345 e. The van der Waals surface area contributed by atoms with Crippen LogP contribution < -0.4 is 10.1 Å². The number of aryl methyl sites for hydroxylation is 2. The van der Waals surface area contributed by atoms with Gasteiger partial charge in [-0.2, -0.15) is 0 Å². The largest absolute Gasteiger partial charge is 0.457 e. The molecule has 5 heteroatoms. The van der Waals surface area contributed by atoms with E-state index in [4.69, 9.17) is 9.57 Å². The van der Waals surface area contributed by atoms with Gasteiger partial charge in [-0.05, 0) is 73.2 Å². The summed E-state index contributed by atoms with van der Waals surface area (Å²) >= 11 is 0. The average molecular weight is 326 g/mol. The molecule has 126 valence electrons. The van der Waals surface area contributed by atoms with Crippen LogP contribution in [0.3, 0.4) is 0 Å². The number of anilines is 1. The summed E-state index contributed by atoms with van der Waals surface area (Å²) in [6, 6.07) is 13.3. The van der Waals surface area contributed by atoms with Crippen molar-refractivity contribution in [3.63, 3.8) is 0 Å². The molecule has 0 unspecified atom stereocenters. The predicted octanol–water partition coefficient (Wildman–Crippen LogP) is 4.38. The van der Waals surface area contributed by atoms with Crippen molar-refractivity contribution in [3.05, 3.63) is 53.6 Å². The van der Waals surface area contributed by atoms with Crippen LogP contribution in [0.25, 0.3) is 0 Å². The molecule has 0 bridgehead atoms. The number of fused-ring (bicyclic) bond motifs is 1. The van der Waals surface area contributed by atoms with E-state index in [1.165, 1.54) is 37.5 Å². The molecule has 0 fully saturated rings. The van der Waals surface area contributed by atoms with E-state index in [0.29, 0.717) is 5.69 Å². The van der Waals surface area contributed by atoms with Crippen molar-refractivity contribution in [1.29, 1.82) is 0 Å². The molecule has 3 rings (SSSR count). The van der Waals surface area contributed by atoms with Crippen LogP contribution in [-0.2, 0) is 17.7 Å². The molecule has 0 saturated heterocycles. The predicted molar refractivity (Wildman–Crippen MR) is 93.4 cm³/mol. The van der Waals surface area contributed by atoms with Crippen molar-refractivity contribution >= 4 is 11.7 Å². The van der Waals surface area contributed by atoms with Gasteiger partial charge in [0.2, 0.25) is 0 Å². The molecule has 0 saturated carbocycles. The highest BCUT2D eigenvalue weighted by atomic mass is 16.7. The van der Waals surface area contributed by atoms with E-state index in [1.54, 1.807) is 19.2 Å². The maximum absolute atomic E-state index is 11.7. The van der Waals surface area contributed by atoms with Gasteiger partial charge in [-0.1, -0.05) is 6.07 Å². The first kappa shape index (κ1) is 16.3. The number of hydroxylamine groups is 2. The van der Waals surface area contributed by atoms with Crippen molar-refractivity contribution in [2.75, 3.05) is 19.5 Å². The van der Waals surface area contributed by atoms with Crippen molar-refractivity contribution in [2.24, 2.45) is 0 Å². The van der Waals surface area contributed by atoms with Gasteiger partial charge in [-0.15, -0.1) is 0 Å². The lowest BCUT2D eigenvalue weighted by Crippen LogP contribution is -2.30. The zero-order valence-electron chi connectivity index (χ0n) is 14.0. The van der Waals surface area contributed by atoms with Crippen LogP contribution in [0.4, 0.5) is 10.5 Å². The monoisotopic (exact) mass is 326 g/mol. The standard InChI is InChI=1S/C19H22N2O3/c1-21(23-2)19(22)20-16-8-11-17(12-9-16)24-18-10-7-14-5-3-4-6-15(14)13-18/h7-13H,3-6H2,1-2H3,(H,20,22). The Hall–Kier alpha value is -2.53. The Balaban J connectivity index is 1.65. The highest BCUT2D eigenvalue weighted by Crippen LogP contribution is 2.28. The van der Waals surface area contributed by atoms with Crippen molar-refractivity contribution < 1.29 is 14.4 Å². The fraction of sp³-hybridized carbons (Fsp3) is 0.316. The number of carbonyl (C=O) groups excluding carboxylic acids is 1. The Bertz CT molecular complexity index is 713. The Labute approximate surface area is 142 Å². The topological polar surface area (TPSA) is 50.8 Å². The molecule has 1 N–H and O–H groups in total. The third-order valence-corrected chi connectivity index (χ3v) is 4.22. The zero-order chi connectivity index (χ0) is 16.9. The van der Waals surface area contributed by atoms with Crippen LogP contribution >= 0.6 is 0 Å². The van der Waals surface area contributed by atoms with E-state index in [2.05, 4.69) is 17.4 Å². The van der Waals surface area contributed by atoms with Crippen molar-refractivity contribution in [1.82, 2.24) is 5.06 Å². The normalized spacial score (nSPS) is 13.1. The van der Waals surface area contributed by atoms with Crippen LogP contribution in [0.15, 0.2) is 42.5 Å². The molecule has 0 aliphatic heterocycles. The number of rotatable bonds is 4. The van der Waals surface area contributed by atoms with Crippen LogP contribution in [0, 0.1) is 0 Å². The molecule has 0 aromatic heterocycles. The second-order valence-electron chi connectivity index (χ2n) is 5.87. The zero-order valence-corrected chi connectivity index (χ0v) is 14.0. The van der Waals surface area contributed by atoms with Crippen molar-refractivity contribution in [2.45, 2.75) is 25.7 Å². The molecule has 24 heavy (non-hydrogen) atoms. The van der Waals surface area contributed by atoms with Gasteiger partial charge in [0.15, 0.2) is 0 Å². The molecule has 2 amide bonds. The molecule has 0 heterocycles. The molecule has 2 aromatic rings. The number of carbonyl (C=O) groups is 1. The van der Waals surface area contributed by atoms with E-state index < -0.39 is 0 Å². The molecule has 1 aliphatic carbocycles. The third kappa shape index (κ3) is 3.86. The summed E-state index contributed by atoms with van der Waals surface area (Å²) in [5, 5.41) is 3.85. The van der Waals surface area contributed by atoms with Gasteiger partial charge >= 0.3 is 6.03 Å². The van der Waals surface area contributed by atoms with Gasteiger partial charge in [0.1, 0.15) is 11.5 Å². The van der Waals surface area contributed by atoms with Gasteiger partial charge < -0.3 is 10.1 Å². The molecule has 2 aromatic carbocycles. The second kappa shape index (κ2) is 7.36. The fourth-order valence-electron chi connectivity index (χ4n) is 2.80. The number of ether oxygens (including phenoxy) is 1. The minimum Gasteiger partial charge on any atom is -0.457 e. The lowest BCUT2D eigenvalue weighted by atomic mass is 9.92. The van der Waals surface area contributed by atoms with E-state index in [0.717, 1.165) is 23.0 Å². The van der Waals surface area contributed by atoms with Gasteiger partial charge in [0.25, 0.3) is 0 Å². The molecule has 0 spiro atoms. The van der Waals surface area contributed by atoms with E-state index in [1.807, 2.05) is 18.2 Å². The fourth-order valence-corrected chi connectivity index (χ4v) is 2.80. The van der Waals surface area contributed by atoms with E-state index in [-0.39, 0.29) is 6.03 Å². The average Bonchev–Trinajstić information content (AvgIpc) is 2.62. The van der Waals surface area contributed by atoms with Gasteiger partial charge in [0, 0.05) is 12.7 Å². The number of nitrogens with zero attached hydrogens (tertiary/aromatic N) is 1. The first-order valence-corrected chi connectivity index (χ1v) is 8.14. The third-order valence-electron chi connectivity index (χ3n) is 4.22. The molecular weight excluding hydrogens is 304 g/mol. The Morgan fingerprint density at radius 2 is 1.67 bits per heavy atom. The highest BCUT2D eigenvalue weighted by molar-refractivity contribution is 5.88. The quantitative estimate of drug-likeness (QED) is 0.848. The summed E-state index contributed by atoms with van der Waals surface area (Å²) in [6.07, 6.45) is 4.82. The SMILES string of the molecule is CON(C)C(=O)Nc1ccc(Oc2ccc3c(c2)CCCC3)cc1. The first-order valence-electron chi connectivity index (χ1n) is 8.14. The molecule has 0 radical (unpaired) electrons. The number of hydrogen-bond acceptors (Lipinski definition) is 3. The second-order valence-corrected chi connectivity index (χ2v) is 5.87. The summed E-state index contributed by atoms with van der Waals surface area (Å²) in [6.45, 7) is 0. The van der Waals surface area contributed by atoms with Crippen molar-refractivity contribution in [3.8, 4) is 11.5 Å². The summed E-state index contributed by atoms with van der Waals surface area (Å²) in [7, 11) is 2.98. The summed E-state index contributed by atoms with van der Waals surface area (Å²) < 4.78 is 5.93. The number of urea groups is 1. The first-order chi connectivity index (χ1) is 11.7. The Morgan fingerprint density at radius 1 is 1.00 bits per heavy atom. The maximum atomic E-state index is 11.7. The summed E-state index contributed by atoms with van der Waals surface area (Å²) in [5.74, 6) is 1.59. The van der Waals surface area contributed by atoms with E-state index >= 15 is 0 Å². The van der Waals surface area contributed by atoms with Crippen LogP contribution in [0.1, 0.15) is 24.0 Å². The number of benzene rings is 2. The molecule has 0 atom stereocenters. The minimum atomic E-state index is -0.333. The van der Waals surface area contributed by atoms with Gasteiger partial charge in [-0.25, -0.2) is 9.86 Å². The molecule has 5 nitrogen and oxygen atoms in total. The Morgan fingerprint density at radius 3 is 2.38 bits per heavy atom. The van der Waals surface area contributed by atoms with Crippen LogP contribution in [0.5, 0.6) is 11.5 Å². The van der Waals surface area contributed by atoms with Crippen LogP contribution in [0.2, 0.25) is 0 Å². The van der Waals surface area contributed by atoms with Gasteiger partial charge in [0.05, 0.1) is 7.11 Å². The maximum Gasteiger partial charge on any atom is 0.345 e. The number of amides is 2.